The second-order valence-electron chi connectivity index (χ2n) is 5.62. The van der Waals surface area contributed by atoms with Gasteiger partial charge in [0.15, 0.2) is 17.4 Å². The van der Waals surface area contributed by atoms with Crippen LogP contribution in [0, 0.1) is 17.0 Å². The van der Waals surface area contributed by atoms with E-state index in [1.165, 1.54) is 6.92 Å². The molecule has 2 N–H and O–H groups in total. The topological polar surface area (TPSA) is 135 Å². The van der Waals surface area contributed by atoms with Gasteiger partial charge >= 0.3 is 11.9 Å². The number of alkyl halides is 3. The molecule has 2 heterocycles. The van der Waals surface area contributed by atoms with Crippen LogP contribution in [0.5, 0.6) is 11.5 Å². The quantitative estimate of drug-likeness (QED) is 0.393. The smallest absolute Gasteiger partial charge is 0.417 e. The van der Waals surface area contributed by atoms with E-state index in [-0.39, 0.29) is 22.9 Å². The number of aryl methyl sites for hydroxylation is 1. The highest BCUT2D eigenvalue weighted by Gasteiger charge is 2.35. The number of benzene rings is 1. The lowest BCUT2D eigenvalue weighted by atomic mass is 10.1. The predicted octanol–water partition coefficient (Wildman–Crippen LogP) is 3.25. The van der Waals surface area contributed by atoms with Crippen LogP contribution in [0.15, 0.2) is 30.7 Å². The Morgan fingerprint density at radius 2 is 1.75 bits per heavy atom. The Kier molecular flexibility index (Phi) is 4.55. The molecule has 0 unspecified atom stereocenters. The van der Waals surface area contributed by atoms with Gasteiger partial charge in [-0.05, 0) is 19.1 Å². The van der Waals surface area contributed by atoms with E-state index in [1.807, 2.05) is 0 Å². The third-order valence-electron chi connectivity index (χ3n) is 3.68. The maximum absolute atomic E-state index is 13.3. The summed E-state index contributed by atoms with van der Waals surface area (Å²) in [4.78, 5) is 25.3. The molecular weight excluding hydrogens is 383 g/mol. The van der Waals surface area contributed by atoms with Gasteiger partial charge in [-0.15, -0.1) is 0 Å². The van der Waals surface area contributed by atoms with Crippen LogP contribution in [-0.4, -0.2) is 35.1 Å². The fourth-order valence-electron chi connectivity index (χ4n) is 2.41. The second-order valence-corrected chi connectivity index (χ2v) is 5.62. The molecule has 0 radical (unpaired) electrons. The molecule has 0 aliphatic heterocycles. The molecule has 9 nitrogen and oxygen atoms in total. The molecule has 0 saturated heterocycles. The van der Waals surface area contributed by atoms with E-state index in [2.05, 4.69) is 19.9 Å². The van der Waals surface area contributed by atoms with Crippen molar-refractivity contribution in [3.8, 4) is 34.3 Å². The van der Waals surface area contributed by atoms with E-state index < -0.39 is 39.4 Å². The summed E-state index contributed by atoms with van der Waals surface area (Å²) in [5.74, 6) is -2.36. The maximum Gasteiger partial charge on any atom is 0.417 e. The number of halogens is 3. The average molecular weight is 393 g/mol. The van der Waals surface area contributed by atoms with E-state index in [1.54, 1.807) is 0 Å². The molecule has 0 aliphatic rings. The van der Waals surface area contributed by atoms with Crippen LogP contribution in [0.1, 0.15) is 11.3 Å². The average Bonchev–Trinajstić information content (AvgIpc) is 2.63. The Bertz CT molecular complexity index is 1090. The van der Waals surface area contributed by atoms with Gasteiger partial charge in [0.2, 0.25) is 5.75 Å². The zero-order valence-electron chi connectivity index (χ0n) is 14.0. The summed E-state index contributed by atoms with van der Waals surface area (Å²) in [7, 11) is 0. The van der Waals surface area contributed by atoms with Gasteiger partial charge in [-0.25, -0.2) is 15.0 Å². The number of hydrogen-bond acceptors (Lipinski definition) is 8. The van der Waals surface area contributed by atoms with Gasteiger partial charge in [-0.1, -0.05) is 0 Å². The zero-order valence-corrected chi connectivity index (χ0v) is 14.0. The minimum Gasteiger partial charge on any atom is -0.504 e. The van der Waals surface area contributed by atoms with Gasteiger partial charge in [-0.3, -0.25) is 15.1 Å². The molecule has 0 bridgehead atoms. The van der Waals surface area contributed by atoms with E-state index in [9.17, 15) is 33.5 Å². The number of rotatable bonds is 3. The van der Waals surface area contributed by atoms with Crippen LogP contribution in [0.4, 0.5) is 18.9 Å². The first-order chi connectivity index (χ1) is 13.1. The van der Waals surface area contributed by atoms with Crippen molar-refractivity contribution in [2.24, 2.45) is 0 Å². The Morgan fingerprint density at radius 1 is 1.07 bits per heavy atom. The highest BCUT2D eigenvalue weighted by molar-refractivity contribution is 5.70. The predicted molar refractivity (Wildman–Crippen MR) is 88.2 cm³/mol. The number of pyridine rings is 1. The van der Waals surface area contributed by atoms with Crippen LogP contribution in [0.2, 0.25) is 0 Å². The van der Waals surface area contributed by atoms with Crippen molar-refractivity contribution in [1.82, 2.24) is 19.9 Å². The van der Waals surface area contributed by atoms with Crippen LogP contribution in [0.25, 0.3) is 22.8 Å². The van der Waals surface area contributed by atoms with Gasteiger partial charge in [0.05, 0.1) is 10.5 Å². The van der Waals surface area contributed by atoms with Crippen LogP contribution in [-0.2, 0) is 6.18 Å². The molecule has 0 atom stereocenters. The largest absolute Gasteiger partial charge is 0.504 e. The third kappa shape index (κ3) is 3.51. The summed E-state index contributed by atoms with van der Waals surface area (Å²) in [5.41, 5.74) is -2.18. The molecule has 0 aliphatic carbocycles. The summed E-state index contributed by atoms with van der Waals surface area (Å²) in [5, 5.41) is 30.2. The number of nitrogens with zero attached hydrogens (tertiary/aromatic N) is 5. The van der Waals surface area contributed by atoms with Crippen molar-refractivity contribution in [3.05, 3.63) is 52.1 Å². The normalized spacial score (nSPS) is 11.4. The first kappa shape index (κ1) is 18.9. The van der Waals surface area contributed by atoms with E-state index >= 15 is 0 Å². The molecule has 28 heavy (non-hydrogen) atoms. The minimum absolute atomic E-state index is 0.0979. The number of nitro benzene ring substituents is 1. The van der Waals surface area contributed by atoms with Crippen molar-refractivity contribution in [3.63, 3.8) is 0 Å². The van der Waals surface area contributed by atoms with Gasteiger partial charge in [0.1, 0.15) is 6.33 Å². The Balaban J connectivity index is 2.17. The number of hydrogen-bond donors (Lipinski definition) is 2. The molecule has 0 amide bonds. The SMILES string of the molecule is Cc1cc(C(F)(F)F)c(-c2ncnc(-c3cc(O)c(O)c([N+](=O)[O-])c3)n2)cn1. The van der Waals surface area contributed by atoms with Crippen molar-refractivity contribution >= 4 is 5.69 Å². The lowest BCUT2D eigenvalue weighted by Crippen LogP contribution is -2.10. The van der Waals surface area contributed by atoms with Gasteiger partial charge in [-0.2, -0.15) is 13.2 Å². The number of nitro groups is 1. The van der Waals surface area contributed by atoms with E-state index in [4.69, 9.17) is 0 Å². The molecule has 3 aromatic rings. The minimum atomic E-state index is -4.69. The van der Waals surface area contributed by atoms with Gasteiger partial charge in [0, 0.05) is 29.1 Å². The van der Waals surface area contributed by atoms with Crippen LogP contribution in [0.3, 0.4) is 0 Å². The lowest BCUT2D eigenvalue weighted by molar-refractivity contribution is -0.385. The molecular formula is C16H10F3N5O4. The Morgan fingerprint density at radius 3 is 2.39 bits per heavy atom. The monoisotopic (exact) mass is 393 g/mol. The van der Waals surface area contributed by atoms with Crippen molar-refractivity contribution in [2.75, 3.05) is 0 Å². The zero-order chi connectivity index (χ0) is 20.6. The molecule has 1 aromatic carbocycles. The summed E-state index contributed by atoms with van der Waals surface area (Å²) in [6, 6.07) is 2.67. The molecule has 0 fully saturated rings. The molecule has 12 heteroatoms. The second kappa shape index (κ2) is 6.72. The van der Waals surface area contributed by atoms with E-state index in [0.29, 0.717) is 0 Å². The lowest BCUT2D eigenvalue weighted by Gasteiger charge is -2.12. The number of phenols is 2. The van der Waals surface area contributed by atoms with Gasteiger partial charge in [0.25, 0.3) is 0 Å². The first-order valence-corrected chi connectivity index (χ1v) is 7.52. The number of aromatic hydroxyl groups is 2. The summed E-state index contributed by atoms with van der Waals surface area (Å²) >= 11 is 0. The summed E-state index contributed by atoms with van der Waals surface area (Å²) < 4.78 is 40.0. The first-order valence-electron chi connectivity index (χ1n) is 7.52. The summed E-state index contributed by atoms with van der Waals surface area (Å²) in [6.45, 7) is 1.40. The highest BCUT2D eigenvalue weighted by Crippen LogP contribution is 2.39. The van der Waals surface area contributed by atoms with E-state index in [0.717, 1.165) is 30.7 Å². The number of aromatic nitrogens is 4. The van der Waals surface area contributed by atoms with Crippen LogP contribution >= 0.6 is 0 Å². The third-order valence-corrected chi connectivity index (χ3v) is 3.68. The fraction of sp³-hybridized carbons (Fsp3) is 0.125. The van der Waals surface area contributed by atoms with Crippen molar-refractivity contribution < 1.29 is 28.3 Å². The maximum atomic E-state index is 13.3. The molecule has 0 saturated carbocycles. The van der Waals surface area contributed by atoms with Crippen molar-refractivity contribution in [2.45, 2.75) is 13.1 Å². The molecule has 0 spiro atoms. The summed E-state index contributed by atoms with van der Waals surface area (Å²) in [6.07, 6.45) is -2.80. The number of phenolic OH excluding ortho intramolecular Hbond substituents is 2. The van der Waals surface area contributed by atoms with Crippen LogP contribution < -0.4 is 0 Å². The van der Waals surface area contributed by atoms with Crippen molar-refractivity contribution in [1.29, 1.82) is 0 Å². The molecule has 3 rings (SSSR count). The Labute approximate surface area is 154 Å². The standard InChI is InChI=1S/C16H10F3N5O4/c1-7-2-10(16(17,18)19)9(5-20-7)15-22-6-21-14(23-15)8-3-11(24(27)28)13(26)12(25)4-8/h2-6,25-26H,1H3. The highest BCUT2D eigenvalue weighted by atomic mass is 19.4. The fourth-order valence-corrected chi connectivity index (χ4v) is 2.41. The molecule has 2 aromatic heterocycles. The Hall–Kier alpha value is -3.83. The molecule has 144 valence electrons. The van der Waals surface area contributed by atoms with Gasteiger partial charge < -0.3 is 10.2 Å².